The van der Waals surface area contributed by atoms with Gasteiger partial charge in [-0.2, -0.15) is 0 Å². The van der Waals surface area contributed by atoms with E-state index in [1.54, 1.807) is 32.9 Å². The molecule has 1 amide bonds. The zero-order valence-electron chi connectivity index (χ0n) is 10.2. The third-order valence-electron chi connectivity index (χ3n) is 1.44. The minimum atomic E-state index is -0.725. The summed E-state index contributed by atoms with van der Waals surface area (Å²) in [4.78, 5) is 10.0. The second kappa shape index (κ2) is 6.00. The van der Waals surface area contributed by atoms with Crippen molar-refractivity contribution in [2.45, 2.75) is 33.3 Å². The lowest BCUT2D eigenvalue weighted by molar-refractivity contribution is 0.0600. The van der Waals surface area contributed by atoms with E-state index in [9.17, 15) is 4.79 Å². The van der Waals surface area contributed by atoms with Crippen LogP contribution in [-0.2, 0) is 4.74 Å². The van der Waals surface area contributed by atoms with E-state index in [4.69, 9.17) is 10.8 Å². The number of primary amides is 1. The normalized spacial score (nSPS) is 10.0. The Bertz CT molecular complexity index is 304. The Balaban J connectivity index is 0.000000281. The molecule has 1 rings (SSSR count). The summed E-state index contributed by atoms with van der Waals surface area (Å²) >= 11 is 0. The average molecular weight is 225 g/mol. The Kier molecular flexibility index (Phi) is 5.36. The molecule has 0 aliphatic heterocycles. The molecule has 4 heteroatoms. The van der Waals surface area contributed by atoms with E-state index >= 15 is 0 Å². The van der Waals surface area contributed by atoms with Crippen molar-refractivity contribution in [2.24, 2.45) is 5.73 Å². The lowest BCUT2D eigenvalue weighted by Gasteiger charge is -2.16. The summed E-state index contributed by atoms with van der Waals surface area (Å²) in [5.41, 5.74) is 5.43. The van der Waals surface area contributed by atoms with Crippen molar-refractivity contribution < 1.29 is 14.6 Å². The van der Waals surface area contributed by atoms with E-state index in [2.05, 4.69) is 4.74 Å². The highest BCUT2D eigenvalue weighted by molar-refractivity contribution is 5.65. The maximum Gasteiger partial charge on any atom is 0.405 e. The van der Waals surface area contributed by atoms with E-state index in [1.165, 1.54) is 5.56 Å². The number of aryl methyl sites for hydroxylation is 1. The maximum atomic E-state index is 10.0. The second-order valence-electron chi connectivity index (χ2n) is 4.37. The van der Waals surface area contributed by atoms with Gasteiger partial charge in [-0.05, 0) is 39.8 Å². The molecule has 0 saturated heterocycles. The number of carbonyl (C=O) groups excluding carboxylic acids is 1. The van der Waals surface area contributed by atoms with E-state index in [-0.39, 0.29) is 0 Å². The van der Waals surface area contributed by atoms with E-state index in [1.807, 2.05) is 19.1 Å². The van der Waals surface area contributed by atoms with Crippen LogP contribution >= 0.6 is 0 Å². The first-order chi connectivity index (χ1) is 7.20. The van der Waals surface area contributed by atoms with Gasteiger partial charge in [0.05, 0.1) is 0 Å². The Morgan fingerprint density at radius 1 is 1.25 bits per heavy atom. The fourth-order valence-corrected chi connectivity index (χ4v) is 0.847. The Morgan fingerprint density at radius 3 is 1.88 bits per heavy atom. The van der Waals surface area contributed by atoms with Crippen LogP contribution < -0.4 is 5.73 Å². The molecule has 3 N–H and O–H groups in total. The molecule has 0 spiro atoms. The SMILES string of the molecule is CC(C)(C)OC(N)=O.Cc1ccc(O)cc1. The van der Waals surface area contributed by atoms with E-state index in [0.29, 0.717) is 5.75 Å². The molecule has 1 aromatic rings. The molecule has 0 unspecified atom stereocenters. The Labute approximate surface area is 96.0 Å². The summed E-state index contributed by atoms with van der Waals surface area (Å²) in [7, 11) is 0. The monoisotopic (exact) mass is 225 g/mol. The molecule has 0 atom stereocenters. The first-order valence-electron chi connectivity index (χ1n) is 4.95. The first kappa shape index (κ1) is 14.3. The van der Waals surface area contributed by atoms with E-state index < -0.39 is 11.7 Å². The number of phenols is 1. The third kappa shape index (κ3) is 8.87. The molecule has 16 heavy (non-hydrogen) atoms. The van der Waals surface area contributed by atoms with Gasteiger partial charge in [-0.25, -0.2) is 4.79 Å². The predicted molar refractivity (Wildman–Crippen MR) is 63.3 cm³/mol. The standard InChI is InChI=1S/C7H8O.C5H11NO2/c1-6-2-4-7(8)5-3-6;1-5(2,3)8-4(6)7/h2-5,8H,1H3;1-3H3,(H2,6,7). The fraction of sp³-hybridized carbons (Fsp3) is 0.417. The zero-order chi connectivity index (χ0) is 12.8. The van der Waals surface area contributed by atoms with Crippen LogP contribution in [0.2, 0.25) is 0 Å². The minimum Gasteiger partial charge on any atom is -0.508 e. The molecular weight excluding hydrogens is 206 g/mol. The Hall–Kier alpha value is -1.71. The van der Waals surface area contributed by atoms with Crippen molar-refractivity contribution in [3.8, 4) is 5.75 Å². The van der Waals surface area contributed by atoms with Gasteiger partial charge in [-0.3, -0.25) is 0 Å². The molecule has 0 aliphatic rings. The molecule has 90 valence electrons. The lowest BCUT2D eigenvalue weighted by atomic mass is 10.2. The van der Waals surface area contributed by atoms with Crippen LogP contribution in [0, 0.1) is 6.92 Å². The number of phenolic OH excluding ortho intramolecular Hbond substituents is 1. The van der Waals surface area contributed by atoms with E-state index in [0.717, 1.165) is 0 Å². The number of ether oxygens (including phenoxy) is 1. The van der Waals surface area contributed by atoms with Gasteiger partial charge in [0.25, 0.3) is 0 Å². The van der Waals surface area contributed by atoms with Crippen LogP contribution in [0.1, 0.15) is 26.3 Å². The molecule has 0 aliphatic carbocycles. The maximum absolute atomic E-state index is 10.0. The average Bonchev–Trinajstić information content (AvgIpc) is 2.07. The van der Waals surface area contributed by atoms with Crippen molar-refractivity contribution in [1.29, 1.82) is 0 Å². The van der Waals surface area contributed by atoms with Gasteiger partial charge < -0.3 is 15.6 Å². The van der Waals surface area contributed by atoms with Crippen LogP contribution in [-0.4, -0.2) is 16.8 Å². The summed E-state index contributed by atoms with van der Waals surface area (Å²) in [5.74, 6) is 0.329. The largest absolute Gasteiger partial charge is 0.508 e. The molecule has 4 nitrogen and oxygen atoms in total. The van der Waals surface area contributed by atoms with Gasteiger partial charge in [0.2, 0.25) is 0 Å². The van der Waals surface area contributed by atoms with Gasteiger partial charge in [0.1, 0.15) is 11.4 Å². The summed E-state index contributed by atoms with van der Waals surface area (Å²) in [6, 6.07) is 7.09. The van der Waals surface area contributed by atoms with Gasteiger partial charge in [0, 0.05) is 0 Å². The van der Waals surface area contributed by atoms with Crippen LogP contribution in [0.25, 0.3) is 0 Å². The van der Waals surface area contributed by atoms with Crippen LogP contribution in [0.4, 0.5) is 4.79 Å². The van der Waals surface area contributed by atoms with Crippen LogP contribution in [0.5, 0.6) is 5.75 Å². The summed E-state index contributed by atoms with van der Waals surface area (Å²) in [6.07, 6.45) is -0.725. The predicted octanol–water partition coefficient (Wildman–Crippen LogP) is 2.58. The zero-order valence-corrected chi connectivity index (χ0v) is 10.2. The number of nitrogens with two attached hydrogens (primary N) is 1. The molecule has 0 aromatic heterocycles. The quantitative estimate of drug-likeness (QED) is 0.712. The molecule has 0 fully saturated rings. The van der Waals surface area contributed by atoms with Crippen molar-refractivity contribution in [2.75, 3.05) is 0 Å². The summed E-state index contributed by atoms with van der Waals surface area (Å²) in [5, 5.41) is 8.76. The first-order valence-corrected chi connectivity index (χ1v) is 4.95. The summed E-state index contributed by atoms with van der Waals surface area (Å²) in [6.45, 7) is 7.27. The Morgan fingerprint density at radius 2 is 1.69 bits per heavy atom. The fourth-order valence-electron chi connectivity index (χ4n) is 0.847. The number of aromatic hydroxyl groups is 1. The number of benzene rings is 1. The molecule has 0 heterocycles. The molecular formula is C12H19NO3. The van der Waals surface area contributed by atoms with Crippen LogP contribution in [0.3, 0.4) is 0 Å². The number of hydrogen-bond donors (Lipinski definition) is 2. The summed E-state index contributed by atoms with van der Waals surface area (Å²) < 4.78 is 4.58. The number of amides is 1. The molecule has 0 radical (unpaired) electrons. The van der Waals surface area contributed by atoms with Crippen molar-refractivity contribution in [3.63, 3.8) is 0 Å². The van der Waals surface area contributed by atoms with Crippen molar-refractivity contribution in [3.05, 3.63) is 29.8 Å². The minimum absolute atomic E-state index is 0.329. The van der Waals surface area contributed by atoms with Crippen LogP contribution in [0.15, 0.2) is 24.3 Å². The molecule has 1 aromatic carbocycles. The second-order valence-corrected chi connectivity index (χ2v) is 4.37. The van der Waals surface area contributed by atoms with Gasteiger partial charge in [-0.15, -0.1) is 0 Å². The molecule has 0 bridgehead atoms. The molecule has 0 saturated carbocycles. The van der Waals surface area contributed by atoms with Gasteiger partial charge in [0.15, 0.2) is 0 Å². The smallest absolute Gasteiger partial charge is 0.405 e. The van der Waals surface area contributed by atoms with Crippen molar-refractivity contribution >= 4 is 6.09 Å². The lowest BCUT2D eigenvalue weighted by Crippen LogP contribution is -2.27. The number of rotatable bonds is 0. The highest BCUT2D eigenvalue weighted by Crippen LogP contribution is 2.07. The van der Waals surface area contributed by atoms with Crippen molar-refractivity contribution in [1.82, 2.24) is 0 Å². The topological polar surface area (TPSA) is 72.5 Å². The third-order valence-corrected chi connectivity index (χ3v) is 1.44. The highest BCUT2D eigenvalue weighted by atomic mass is 16.6. The highest BCUT2D eigenvalue weighted by Gasteiger charge is 2.12. The van der Waals surface area contributed by atoms with Gasteiger partial charge in [-0.1, -0.05) is 17.7 Å². The number of hydrogen-bond acceptors (Lipinski definition) is 3. The number of carbonyl (C=O) groups is 1. The van der Waals surface area contributed by atoms with Gasteiger partial charge >= 0.3 is 6.09 Å².